The Balaban J connectivity index is 1.79. The summed E-state index contributed by atoms with van der Waals surface area (Å²) in [5, 5.41) is 3.49. The number of nitrogens with one attached hydrogen (secondary N) is 1. The van der Waals surface area contributed by atoms with Gasteiger partial charge in [-0.15, -0.1) is 0 Å². The van der Waals surface area contributed by atoms with E-state index in [0.717, 1.165) is 21.0 Å². The van der Waals surface area contributed by atoms with Gasteiger partial charge >= 0.3 is 0 Å². The quantitative estimate of drug-likeness (QED) is 0.192. The summed E-state index contributed by atoms with van der Waals surface area (Å²) >= 11 is 6.14. The van der Waals surface area contributed by atoms with E-state index in [-0.39, 0.29) is 29.8 Å². The number of benzene rings is 4. The van der Waals surface area contributed by atoms with Gasteiger partial charge in [0.2, 0.25) is 11.8 Å². The molecule has 0 aliphatic heterocycles. The zero-order valence-corrected chi connectivity index (χ0v) is 27.4. The summed E-state index contributed by atoms with van der Waals surface area (Å²) in [5.41, 5.74) is 2.85. The molecule has 2 amide bonds. The first-order valence-electron chi connectivity index (χ1n) is 14.6. The van der Waals surface area contributed by atoms with Gasteiger partial charge in [0.1, 0.15) is 18.3 Å². The number of carbonyl (C=O) groups excluding carboxylic acids is 2. The van der Waals surface area contributed by atoms with Gasteiger partial charge in [-0.05, 0) is 80.4 Å². The fraction of sp³-hybridized carbons (Fsp3) is 0.257. The fourth-order valence-corrected chi connectivity index (χ4v) is 6.38. The average molecular weight is 648 g/mol. The molecule has 236 valence electrons. The molecule has 8 nitrogen and oxygen atoms in total. The second kappa shape index (κ2) is 15.1. The van der Waals surface area contributed by atoms with E-state index in [1.54, 1.807) is 60.7 Å². The molecular weight excluding hydrogens is 610 g/mol. The Labute approximate surface area is 270 Å². The summed E-state index contributed by atoms with van der Waals surface area (Å²) in [5.74, 6) is -0.375. The smallest absolute Gasteiger partial charge is 0.264 e. The summed E-state index contributed by atoms with van der Waals surface area (Å²) in [6.45, 7) is 5.12. The number of hydrogen-bond donors (Lipinski definition) is 1. The number of methoxy groups -OCH3 is 1. The van der Waals surface area contributed by atoms with Crippen molar-refractivity contribution in [2.75, 3.05) is 18.0 Å². The summed E-state index contributed by atoms with van der Waals surface area (Å²) < 4.78 is 34.6. The number of ether oxygens (including phenoxy) is 1. The minimum atomic E-state index is -4.21. The zero-order valence-electron chi connectivity index (χ0n) is 25.8. The van der Waals surface area contributed by atoms with Crippen LogP contribution in [0.3, 0.4) is 0 Å². The van der Waals surface area contributed by atoms with E-state index in [9.17, 15) is 18.0 Å². The van der Waals surface area contributed by atoms with Gasteiger partial charge in [-0.2, -0.15) is 0 Å². The first-order chi connectivity index (χ1) is 21.5. The highest BCUT2D eigenvalue weighted by Gasteiger charge is 2.34. The molecule has 1 atom stereocenters. The number of sulfonamides is 1. The SMILES string of the molecule is COc1ccc(S(=O)(=O)N(CC(=O)N(Cc2ccc(Cl)cc2)C(Cc2ccccc2)C(=O)NC(C)C)c2ccc(C)cc2)cc1. The van der Waals surface area contributed by atoms with Crippen molar-refractivity contribution >= 4 is 39.1 Å². The predicted molar refractivity (Wildman–Crippen MR) is 178 cm³/mol. The van der Waals surface area contributed by atoms with E-state index >= 15 is 0 Å². The molecule has 0 saturated carbocycles. The van der Waals surface area contributed by atoms with Gasteiger partial charge < -0.3 is 15.0 Å². The van der Waals surface area contributed by atoms with Crippen LogP contribution < -0.4 is 14.4 Å². The van der Waals surface area contributed by atoms with Crippen LogP contribution in [-0.4, -0.2) is 50.9 Å². The van der Waals surface area contributed by atoms with Crippen LogP contribution in [-0.2, 0) is 32.6 Å². The van der Waals surface area contributed by atoms with Gasteiger partial charge in [0.25, 0.3) is 10.0 Å². The number of anilines is 1. The van der Waals surface area contributed by atoms with Crippen molar-refractivity contribution in [3.63, 3.8) is 0 Å². The largest absolute Gasteiger partial charge is 0.497 e. The maximum Gasteiger partial charge on any atom is 0.264 e. The van der Waals surface area contributed by atoms with E-state index in [1.807, 2.05) is 51.1 Å². The predicted octanol–water partition coefficient (Wildman–Crippen LogP) is 6.02. The maximum absolute atomic E-state index is 14.5. The lowest BCUT2D eigenvalue weighted by Gasteiger charge is -2.34. The first kappa shape index (κ1) is 33.6. The van der Waals surface area contributed by atoms with E-state index in [0.29, 0.717) is 16.5 Å². The van der Waals surface area contributed by atoms with Crippen LogP contribution in [0.1, 0.15) is 30.5 Å². The summed E-state index contributed by atoms with van der Waals surface area (Å²) in [7, 11) is -2.71. The van der Waals surface area contributed by atoms with E-state index < -0.39 is 28.5 Å². The number of halogens is 1. The number of carbonyl (C=O) groups is 2. The molecule has 45 heavy (non-hydrogen) atoms. The second-order valence-corrected chi connectivity index (χ2v) is 13.3. The minimum absolute atomic E-state index is 0.000636. The third kappa shape index (κ3) is 8.86. The van der Waals surface area contributed by atoms with E-state index in [4.69, 9.17) is 16.3 Å². The summed E-state index contributed by atoms with van der Waals surface area (Å²) in [6.07, 6.45) is 0.231. The number of rotatable bonds is 13. The van der Waals surface area contributed by atoms with E-state index in [1.165, 1.54) is 24.1 Å². The topological polar surface area (TPSA) is 96.0 Å². The second-order valence-electron chi connectivity index (χ2n) is 11.0. The van der Waals surface area contributed by atoms with Gasteiger partial charge in [-0.3, -0.25) is 13.9 Å². The van der Waals surface area contributed by atoms with Gasteiger partial charge in [0.05, 0.1) is 17.7 Å². The van der Waals surface area contributed by atoms with Crippen LogP contribution in [0.5, 0.6) is 5.75 Å². The highest BCUT2D eigenvalue weighted by Crippen LogP contribution is 2.27. The van der Waals surface area contributed by atoms with E-state index in [2.05, 4.69) is 5.32 Å². The van der Waals surface area contributed by atoms with Crippen molar-refractivity contribution in [1.29, 1.82) is 0 Å². The lowest BCUT2D eigenvalue weighted by atomic mass is 10.0. The van der Waals surface area contributed by atoms with Crippen molar-refractivity contribution in [2.45, 2.75) is 50.7 Å². The zero-order chi connectivity index (χ0) is 32.6. The molecule has 4 aromatic carbocycles. The van der Waals surface area contributed by atoms with Crippen molar-refractivity contribution in [1.82, 2.24) is 10.2 Å². The van der Waals surface area contributed by atoms with Crippen LogP contribution >= 0.6 is 11.6 Å². The molecular formula is C35H38ClN3O5S. The van der Waals surface area contributed by atoms with Gasteiger partial charge in [-0.1, -0.05) is 71.8 Å². The standard InChI is InChI=1S/C35H38ClN3O5S/c1-25(2)37-35(41)33(22-27-8-6-5-7-9-27)38(23-28-12-14-29(36)15-13-28)34(40)24-39(30-16-10-26(3)11-17-30)45(42,43)32-20-18-31(44-4)19-21-32/h5-21,25,33H,22-24H2,1-4H3,(H,37,41). The summed E-state index contributed by atoms with van der Waals surface area (Å²) in [4.78, 5) is 29.7. The van der Waals surface area contributed by atoms with Crippen molar-refractivity contribution in [3.8, 4) is 5.75 Å². The Kier molecular flexibility index (Phi) is 11.3. The Morgan fingerprint density at radius 1 is 0.844 bits per heavy atom. The lowest BCUT2D eigenvalue weighted by molar-refractivity contribution is -0.140. The molecule has 10 heteroatoms. The molecule has 0 aliphatic carbocycles. The molecule has 0 spiro atoms. The minimum Gasteiger partial charge on any atom is -0.497 e. The molecule has 0 aromatic heterocycles. The van der Waals surface area contributed by atoms with Gasteiger partial charge in [0, 0.05) is 24.0 Å². The third-order valence-corrected chi connectivity index (χ3v) is 9.26. The Bertz CT molecular complexity index is 1680. The molecule has 0 saturated heterocycles. The molecule has 0 heterocycles. The molecule has 4 aromatic rings. The lowest BCUT2D eigenvalue weighted by Crippen LogP contribution is -2.54. The monoisotopic (exact) mass is 647 g/mol. The molecule has 1 unspecified atom stereocenters. The van der Waals surface area contributed by atoms with Gasteiger partial charge in [-0.25, -0.2) is 8.42 Å². The van der Waals surface area contributed by atoms with Crippen LogP contribution in [0.25, 0.3) is 0 Å². The Morgan fingerprint density at radius 3 is 2.04 bits per heavy atom. The normalized spacial score (nSPS) is 12.0. The third-order valence-electron chi connectivity index (χ3n) is 7.22. The number of amides is 2. The van der Waals surface area contributed by atoms with Crippen molar-refractivity contribution in [2.24, 2.45) is 0 Å². The number of nitrogens with zero attached hydrogens (tertiary/aromatic N) is 2. The Hall–Kier alpha value is -4.34. The van der Waals surface area contributed by atoms with Gasteiger partial charge in [0.15, 0.2) is 0 Å². The number of hydrogen-bond acceptors (Lipinski definition) is 5. The van der Waals surface area contributed by atoms with Crippen molar-refractivity contribution < 1.29 is 22.7 Å². The summed E-state index contributed by atoms with van der Waals surface area (Å²) in [6, 6.07) is 28.2. The first-order valence-corrected chi connectivity index (χ1v) is 16.4. The average Bonchev–Trinajstić information content (AvgIpc) is 3.03. The fourth-order valence-electron chi connectivity index (χ4n) is 4.84. The highest BCUT2D eigenvalue weighted by molar-refractivity contribution is 7.92. The highest BCUT2D eigenvalue weighted by atomic mass is 35.5. The van der Waals surface area contributed by atoms with Crippen molar-refractivity contribution in [3.05, 3.63) is 125 Å². The maximum atomic E-state index is 14.5. The molecule has 4 rings (SSSR count). The van der Waals surface area contributed by atoms with Crippen LogP contribution in [0, 0.1) is 6.92 Å². The molecule has 0 bridgehead atoms. The molecule has 0 aliphatic rings. The van der Waals surface area contributed by atoms with Crippen LogP contribution in [0.4, 0.5) is 5.69 Å². The molecule has 0 radical (unpaired) electrons. The molecule has 1 N–H and O–H groups in total. The Morgan fingerprint density at radius 2 is 1.47 bits per heavy atom. The molecule has 0 fully saturated rings. The number of aryl methyl sites for hydroxylation is 1. The van der Waals surface area contributed by atoms with Crippen LogP contribution in [0.15, 0.2) is 108 Å². The van der Waals surface area contributed by atoms with Crippen LogP contribution in [0.2, 0.25) is 5.02 Å².